The fraction of sp³-hybridized carbons (Fsp3) is 0.214. The van der Waals surface area contributed by atoms with Crippen molar-refractivity contribution < 1.29 is 18.3 Å². The number of aromatic nitrogens is 1. The van der Waals surface area contributed by atoms with Crippen molar-refractivity contribution >= 4 is 32.5 Å². The largest absolute Gasteiger partial charge is 0.393 e. The number of aliphatic hydroxyl groups excluding tert-OH is 1. The van der Waals surface area contributed by atoms with E-state index in [4.69, 9.17) is 0 Å². The number of carbonyl (C=O) groups is 1. The van der Waals surface area contributed by atoms with Gasteiger partial charge in [0.2, 0.25) is 0 Å². The second-order valence-corrected chi connectivity index (χ2v) is 10.7. The van der Waals surface area contributed by atoms with E-state index < -0.39 is 10.0 Å². The molecule has 0 radical (unpaired) electrons. The normalized spacial score (nSPS) is 16.9. The summed E-state index contributed by atoms with van der Waals surface area (Å²) in [7, 11) is -3.84. The fourth-order valence-electron chi connectivity index (χ4n) is 4.45. The molecule has 184 valence electrons. The van der Waals surface area contributed by atoms with Gasteiger partial charge in [0.05, 0.1) is 11.6 Å². The summed E-state index contributed by atoms with van der Waals surface area (Å²) in [4.78, 5) is 18.6. The molecule has 2 heterocycles. The van der Waals surface area contributed by atoms with Crippen molar-refractivity contribution in [2.45, 2.75) is 30.3 Å². The first-order valence-electron chi connectivity index (χ1n) is 11.9. The average Bonchev–Trinajstić information content (AvgIpc) is 3.56. The van der Waals surface area contributed by atoms with Crippen molar-refractivity contribution in [1.82, 2.24) is 9.88 Å². The minimum Gasteiger partial charge on any atom is -0.393 e. The fourth-order valence-corrected chi connectivity index (χ4v) is 5.69. The molecular weight excluding hydrogens is 474 g/mol. The third-order valence-electron chi connectivity index (χ3n) is 6.45. The van der Waals surface area contributed by atoms with Crippen molar-refractivity contribution in [2.24, 2.45) is 0 Å². The quantitative estimate of drug-likeness (QED) is 0.550. The number of carbonyl (C=O) groups excluding carboxylic acids is 1. The number of fused-ring (bicyclic) bond motifs is 3. The maximum absolute atomic E-state index is 12.9. The Kier molecular flexibility index (Phi) is 6.71. The lowest BCUT2D eigenvalue weighted by Crippen LogP contribution is -2.40. The van der Waals surface area contributed by atoms with Gasteiger partial charge >= 0.3 is 0 Å². The van der Waals surface area contributed by atoms with Crippen LogP contribution in [0, 0.1) is 0 Å². The van der Waals surface area contributed by atoms with Crippen molar-refractivity contribution in [2.75, 3.05) is 17.8 Å². The highest BCUT2D eigenvalue weighted by molar-refractivity contribution is 7.93. The Morgan fingerprint density at radius 3 is 2.22 bits per heavy atom. The highest BCUT2D eigenvalue weighted by Crippen LogP contribution is 2.27. The average molecular weight is 502 g/mol. The van der Waals surface area contributed by atoms with E-state index in [9.17, 15) is 18.3 Å². The minimum absolute atomic E-state index is 0.0997. The predicted molar refractivity (Wildman–Crippen MR) is 140 cm³/mol. The zero-order chi connectivity index (χ0) is 25.1. The van der Waals surface area contributed by atoms with Crippen molar-refractivity contribution in [1.29, 1.82) is 0 Å². The first-order valence-corrected chi connectivity index (χ1v) is 13.4. The van der Waals surface area contributed by atoms with Gasteiger partial charge in [-0.25, -0.2) is 8.42 Å². The topological polar surface area (TPSA) is 99.6 Å². The minimum atomic E-state index is -3.84. The molecule has 3 aliphatic rings. The summed E-state index contributed by atoms with van der Waals surface area (Å²) in [5.41, 5.74) is 4.19. The van der Waals surface area contributed by atoms with Crippen LogP contribution < -0.4 is 4.72 Å². The van der Waals surface area contributed by atoms with Crippen LogP contribution in [0.3, 0.4) is 0 Å². The number of sulfonamides is 1. The van der Waals surface area contributed by atoms with E-state index in [0.29, 0.717) is 42.7 Å². The van der Waals surface area contributed by atoms with E-state index in [2.05, 4.69) is 34.0 Å². The summed E-state index contributed by atoms with van der Waals surface area (Å²) in [5.74, 6) is -0.121. The highest BCUT2D eigenvalue weighted by atomic mass is 32.2. The lowest BCUT2D eigenvalue weighted by Gasteiger charge is -2.29. The number of aliphatic hydroxyl groups is 1. The van der Waals surface area contributed by atoms with Crippen LogP contribution in [0.25, 0.3) is 10.9 Å². The Balaban J connectivity index is 0.000000323. The molecule has 0 atom stereocenters. The standard InChI is InChI=1S/C21H21N3O4S.C7H6/c25-18-10-13-24(14-11-18)21(26)16-6-8-17(9-7-16)23-29(27,28)19-5-1-3-15-4-2-12-22-20(15)19;1-2-7-4-3-6(1)5-7/h1-9,12,18,23,25H,10-11,13-14H2;1-4H,5H2. The number of benzene rings is 2. The molecule has 2 aromatic carbocycles. The number of hydrogen-bond acceptors (Lipinski definition) is 5. The molecule has 7 nitrogen and oxygen atoms in total. The molecule has 6 rings (SSSR count). The van der Waals surface area contributed by atoms with Gasteiger partial charge in [-0.15, -0.1) is 0 Å². The zero-order valence-corrected chi connectivity index (χ0v) is 20.5. The molecule has 1 saturated heterocycles. The number of rotatable bonds is 4. The SMILES string of the molecule is C1=CC2=CC=C1C2.O=C(c1ccc(NS(=O)(=O)c2cccc3cccnc23)cc1)N1CCC(O)CC1. The molecule has 1 amide bonds. The molecule has 1 aromatic heterocycles. The number of anilines is 1. The van der Waals surface area contributed by atoms with Crippen molar-refractivity contribution in [3.8, 4) is 0 Å². The number of pyridine rings is 1. The summed E-state index contributed by atoms with van der Waals surface area (Å²) < 4.78 is 28.3. The second-order valence-electron chi connectivity index (χ2n) is 9.03. The number of amides is 1. The van der Waals surface area contributed by atoms with E-state index in [0.717, 1.165) is 5.39 Å². The molecule has 2 bridgehead atoms. The summed E-state index contributed by atoms with van der Waals surface area (Å²) >= 11 is 0. The van der Waals surface area contributed by atoms with E-state index in [-0.39, 0.29) is 16.9 Å². The lowest BCUT2D eigenvalue weighted by atomic mass is 10.1. The summed E-state index contributed by atoms with van der Waals surface area (Å²) in [6.45, 7) is 1.03. The molecule has 2 aliphatic carbocycles. The van der Waals surface area contributed by atoms with E-state index >= 15 is 0 Å². The van der Waals surface area contributed by atoms with Gasteiger partial charge in [-0.1, -0.05) is 42.5 Å². The van der Waals surface area contributed by atoms with Gasteiger partial charge in [-0.05, 0) is 66.8 Å². The zero-order valence-electron chi connectivity index (χ0n) is 19.7. The summed E-state index contributed by atoms with van der Waals surface area (Å²) in [6.07, 6.45) is 12.3. The number of nitrogens with zero attached hydrogens (tertiary/aromatic N) is 2. The Hall–Kier alpha value is -3.75. The van der Waals surface area contributed by atoms with Gasteiger partial charge in [0.15, 0.2) is 0 Å². The smallest absolute Gasteiger partial charge is 0.264 e. The van der Waals surface area contributed by atoms with Gasteiger partial charge in [-0.2, -0.15) is 0 Å². The molecule has 1 fully saturated rings. The molecule has 8 heteroatoms. The molecule has 0 saturated carbocycles. The van der Waals surface area contributed by atoms with Crippen LogP contribution >= 0.6 is 0 Å². The third-order valence-corrected chi connectivity index (χ3v) is 7.87. The Morgan fingerprint density at radius 1 is 0.944 bits per heavy atom. The predicted octanol–water partition coefficient (Wildman–Crippen LogP) is 4.45. The van der Waals surface area contributed by atoms with Gasteiger partial charge in [0.25, 0.3) is 15.9 Å². The van der Waals surface area contributed by atoms with E-state index in [1.54, 1.807) is 59.6 Å². The number of likely N-dealkylation sites (tertiary alicyclic amines) is 1. The van der Waals surface area contributed by atoms with Crippen molar-refractivity contribution in [3.05, 3.63) is 102 Å². The lowest BCUT2D eigenvalue weighted by molar-refractivity contribution is 0.0546. The van der Waals surface area contributed by atoms with Crippen LogP contribution in [0.4, 0.5) is 5.69 Å². The molecule has 0 spiro atoms. The van der Waals surface area contributed by atoms with Crippen LogP contribution in [0.15, 0.2) is 101 Å². The van der Waals surface area contributed by atoms with Crippen molar-refractivity contribution in [3.63, 3.8) is 0 Å². The molecule has 1 aliphatic heterocycles. The Labute approximate surface area is 210 Å². The van der Waals surface area contributed by atoms with E-state index in [1.807, 2.05) is 0 Å². The monoisotopic (exact) mass is 501 g/mol. The maximum Gasteiger partial charge on any atom is 0.264 e. The first-order chi connectivity index (χ1) is 17.4. The first kappa shape index (κ1) is 24.0. The summed E-state index contributed by atoms with van der Waals surface area (Å²) in [6, 6.07) is 14.9. The van der Waals surface area contributed by atoms with Crippen LogP contribution in [0.1, 0.15) is 29.6 Å². The van der Waals surface area contributed by atoms with Crippen LogP contribution in [-0.2, 0) is 10.0 Å². The van der Waals surface area contributed by atoms with E-state index in [1.165, 1.54) is 23.6 Å². The molecule has 36 heavy (non-hydrogen) atoms. The second kappa shape index (κ2) is 10.1. The maximum atomic E-state index is 12.9. The third kappa shape index (κ3) is 5.24. The number of allylic oxidation sites excluding steroid dienone is 6. The Morgan fingerprint density at radius 2 is 1.61 bits per heavy atom. The number of piperidine rings is 1. The van der Waals surface area contributed by atoms with Crippen LogP contribution in [-0.4, -0.2) is 48.5 Å². The number of para-hydroxylation sites is 1. The Bertz CT molecular complexity index is 1460. The molecule has 2 N–H and O–H groups in total. The van der Waals surface area contributed by atoms with Gasteiger partial charge in [-0.3, -0.25) is 14.5 Å². The number of nitrogens with one attached hydrogen (secondary N) is 1. The molecule has 3 aromatic rings. The highest BCUT2D eigenvalue weighted by Gasteiger charge is 2.23. The van der Waals surface area contributed by atoms with Crippen LogP contribution in [0.2, 0.25) is 0 Å². The summed E-state index contributed by atoms with van der Waals surface area (Å²) in [5, 5.41) is 10.3. The number of hydrogen-bond donors (Lipinski definition) is 2. The molecular formula is C28H27N3O4S. The molecule has 0 unspecified atom stereocenters. The van der Waals surface area contributed by atoms with Gasteiger partial charge < -0.3 is 10.0 Å². The van der Waals surface area contributed by atoms with Gasteiger partial charge in [0, 0.05) is 35.9 Å². The van der Waals surface area contributed by atoms with Gasteiger partial charge in [0.1, 0.15) is 4.90 Å². The van der Waals surface area contributed by atoms with Crippen LogP contribution in [0.5, 0.6) is 0 Å².